The molecule has 6 nitrogen and oxygen atoms in total. The number of para-hydroxylation sites is 1. The number of imide groups is 1. The van der Waals surface area contributed by atoms with Crippen LogP contribution in [0.4, 0.5) is 5.69 Å². The van der Waals surface area contributed by atoms with Crippen LogP contribution in [0.25, 0.3) is 0 Å². The van der Waals surface area contributed by atoms with Crippen LogP contribution in [0.3, 0.4) is 0 Å². The van der Waals surface area contributed by atoms with Gasteiger partial charge in [0.25, 0.3) is 0 Å². The number of carbonyl (C=O) groups excluding carboxylic acids is 3. The van der Waals surface area contributed by atoms with Gasteiger partial charge in [-0.1, -0.05) is 31.0 Å². The van der Waals surface area contributed by atoms with E-state index in [1.54, 1.807) is 30.3 Å². The smallest absolute Gasteiger partial charge is 0.349 e. The third-order valence-corrected chi connectivity index (χ3v) is 5.61. The molecule has 2 aromatic carbocycles. The average Bonchev–Trinajstić information content (AvgIpc) is 2.99. The summed E-state index contributed by atoms with van der Waals surface area (Å²) in [6, 6.07) is 13.9. The van der Waals surface area contributed by atoms with Crippen LogP contribution in [0.15, 0.2) is 48.5 Å². The van der Waals surface area contributed by atoms with Crippen molar-refractivity contribution in [1.29, 1.82) is 0 Å². The number of hydrogen-bond donors (Lipinski definition) is 0. The molecule has 0 radical (unpaired) electrons. The van der Waals surface area contributed by atoms with Crippen molar-refractivity contribution in [2.75, 3.05) is 11.5 Å². The van der Waals surface area contributed by atoms with Gasteiger partial charge in [0, 0.05) is 0 Å². The molecule has 150 valence electrons. The molecule has 1 saturated heterocycles. The van der Waals surface area contributed by atoms with Crippen molar-refractivity contribution in [1.82, 2.24) is 0 Å². The highest BCUT2D eigenvalue weighted by atomic mass is 16.6. The van der Waals surface area contributed by atoms with Crippen LogP contribution in [0.1, 0.15) is 31.2 Å². The maximum Gasteiger partial charge on any atom is 0.349 e. The lowest BCUT2D eigenvalue weighted by Crippen LogP contribution is -2.30. The number of fused-ring (bicyclic) bond motifs is 1. The van der Waals surface area contributed by atoms with Gasteiger partial charge in [-0.15, -0.1) is 0 Å². The highest BCUT2D eigenvalue weighted by molar-refractivity contribution is 6.22. The molecule has 0 aromatic heterocycles. The SMILES string of the molecule is Cc1ccccc1OCC(=O)Oc1ccc(N2C(=O)[C@H]3CCCC[C@H]3C2=O)cc1. The Morgan fingerprint density at radius 2 is 1.59 bits per heavy atom. The van der Waals surface area contributed by atoms with Crippen LogP contribution in [-0.4, -0.2) is 24.4 Å². The highest BCUT2D eigenvalue weighted by Crippen LogP contribution is 2.40. The first-order valence-corrected chi connectivity index (χ1v) is 9.91. The molecule has 0 N–H and O–H groups in total. The zero-order valence-electron chi connectivity index (χ0n) is 16.3. The summed E-state index contributed by atoms with van der Waals surface area (Å²) >= 11 is 0. The van der Waals surface area contributed by atoms with Gasteiger partial charge in [0.15, 0.2) is 6.61 Å². The molecular formula is C23H23NO5. The number of nitrogens with zero attached hydrogens (tertiary/aromatic N) is 1. The van der Waals surface area contributed by atoms with Crippen molar-refractivity contribution < 1.29 is 23.9 Å². The first-order chi connectivity index (χ1) is 14.0. The van der Waals surface area contributed by atoms with E-state index in [1.165, 1.54) is 4.90 Å². The van der Waals surface area contributed by atoms with E-state index < -0.39 is 5.97 Å². The highest BCUT2D eigenvalue weighted by Gasteiger charge is 2.48. The molecular weight excluding hydrogens is 370 g/mol. The second-order valence-electron chi connectivity index (χ2n) is 7.53. The molecule has 2 amide bonds. The van der Waals surface area contributed by atoms with E-state index in [1.807, 2.05) is 25.1 Å². The van der Waals surface area contributed by atoms with E-state index >= 15 is 0 Å². The molecule has 0 bridgehead atoms. The van der Waals surface area contributed by atoms with Crippen LogP contribution in [0, 0.1) is 18.8 Å². The second kappa shape index (κ2) is 8.07. The number of benzene rings is 2. The predicted molar refractivity (Wildman–Crippen MR) is 107 cm³/mol. The molecule has 0 unspecified atom stereocenters. The molecule has 2 fully saturated rings. The van der Waals surface area contributed by atoms with Crippen molar-refractivity contribution in [3.8, 4) is 11.5 Å². The normalized spacial score (nSPS) is 21.1. The maximum absolute atomic E-state index is 12.7. The molecule has 2 aliphatic rings. The molecule has 29 heavy (non-hydrogen) atoms. The first kappa shape index (κ1) is 19.2. The summed E-state index contributed by atoms with van der Waals surface area (Å²) in [5.74, 6) is -0.164. The summed E-state index contributed by atoms with van der Waals surface area (Å²) in [5.41, 5.74) is 1.45. The van der Waals surface area contributed by atoms with Crippen LogP contribution in [0.5, 0.6) is 11.5 Å². The number of carbonyl (C=O) groups is 3. The summed E-state index contributed by atoms with van der Waals surface area (Å²) in [5, 5.41) is 0. The molecule has 1 saturated carbocycles. The minimum atomic E-state index is -0.527. The van der Waals surface area contributed by atoms with E-state index in [0.29, 0.717) is 17.2 Å². The van der Waals surface area contributed by atoms with Gasteiger partial charge in [0.2, 0.25) is 11.8 Å². The Balaban J connectivity index is 1.38. The molecule has 2 aromatic rings. The van der Waals surface area contributed by atoms with Gasteiger partial charge in [0.05, 0.1) is 17.5 Å². The van der Waals surface area contributed by atoms with Gasteiger partial charge < -0.3 is 9.47 Å². The van der Waals surface area contributed by atoms with Crippen LogP contribution in [-0.2, 0) is 14.4 Å². The lowest BCUT2D eigenvalue weighted by atomic mass is 9.81. The lowest BCUT2D eigenvalue weighted by molar-refractivity contribution is -0.136. The lowest BCUT2D eigenvalue weighted by Gasteiger charge is -2.19. The average molecular weight is 393 g/mol. The van der Waals surface area contributed by atoms with Crippen LogP contribution >= 0.6 is 0 Å². The number of ether oxygens (including phenoxy) is 2. The van der Waals surface area contributed by atoms with Crippen LogP contribution < -0.4 is 14.4 Å². The Hall–Kier alpha value is -3.15. The number of esters is 1. The predicted octanol–water partition coefficient (Wildman–Crippen LogP) is 3.66. The Bertz CT molecular complexity index is 913. The first-order valence-electron chi connectivity index (χ1n) is 9.91. The zero-order chi connectivity index (χ0) is 20.4. The van der Waals surface area contributed by atoms with E-state index in [2.05, 4.69) is 0 Å². The third kappa shape index (κ3) is 3.88. The zero-order valence-corrected chi connectivity index (χ0v) is 16.3. The van der Waals surface area contributed by atoms with Crippen molar-refractivity contribution in [3.05, 3.63) is 54.1 Å². The summed E-state index contributed by atoms with van der Waals surface area (Å²) in [6.45, 7) is 1.69. The van der Waals surface area contributed by atoms with Gasteiger partial charge in [0.1, 0.15) is 11.5 Å². The quantitative estimate of drug-likeness (QED) is 0.440. The monoisotopic (exact) mass is 393 g/mol. The Labute approximate surface area is 169 Å². The second-order valence-corrected chi connectivity index (χ2v) is 7.53. The fraction of sp³-hybridized carbons (Fsp3) is 0.348. The summed E-state index contributed by atoms with van der Waals surface area (Å²) in [4.78, 5) is 38.7. The van der Waals surface area contributed by atoms with Crippen molar-refractivity contribution in [2.24, 2.45) is 11.8 Å². The topological polar surface area (TPSA) is 72.9 Å². The van der Waals surface area contributed by atoms with E-state index in [4.69, 9.17) is 9.47 Å². The van der Waals surface area contributed by atoms with Crippen molar-refractivity contribution in [3.63, 3.8) is 0 Å². The maximum atomic E-state index is 12.7. The molecule has 4 rings (SSSR count). The largest absolute Gasteiger partial charge is 0.482 e. The van der Waals surface area contributed by atoms with Crippen LogP contribution in [0.2, 0.25) is 0 Å². The minimum absolute atomic E-state index is 0.115. The fourth-order valence-corrected chi connectivity index (χ4v) is 4.10. The number of hydrogen-bond acceptors (Lipinski definition) is 5. The van der Waals surface area contributed by atoms with Crippen molar-refractivity contribution >= 4 is 23.5 Å². The van der Waals surface area contributed by atoms with Gasteiger partial charge in [-0.25, -0.2) is 4.79 Å². The molecule has 0 spiro atoms. The standard InChI is InChI=1S/C23H23NO5/c1-15-6-2-5-9-20(15)28-14-21(25)29-17-12-10-16(11-13-17)24-22(26)18-7-3-4-8-19(18)23(24)27/h2,5-6,9-13,18-19H,3-4,7-8,14H2,1H3/t18-,19+. The Kier molecular flexibility index (Phi) is 5.34. The number of rotatable bonds is 5. The van der Waals surface area contributed by atoms with E-state index in [9.17, 15) is 14.4 Å². The number of aryl methyl sites for hydroxylation is 1. The molecule has 1 aliphatic heterocycles. The Morgan fingerprint density at radius 3 is 2.21 bits per heavy atom. The fourth-order valence-electron chi connectivity index (χ4n) is 4.10. The van der Waals surface area contributed by atoms with Gasteiger partial charge in [-0.2, -0.15) is 0 Å². The van der Waals surface area contributed by atoms with E-state index in [-0.39, 0.29) is 30.3 Å². The molecule has 6 heteroatoms. The number of amides is 2. The molecule has 2 atom stereocenters. The van der Waals surface area contributed by atoms with Gasteiger partial charge in [-0.3, -0.25) is 14.5 Å². The van der Waals surface area contributed by atoms with Crippen molar-refractivity contribution in [2.45, 2.75) is 32.6 Å². The Morgan fingerprint density at radius 1 is 0.966 bits per heavy atom. The van der Waals surface area contributed by atoms with Gasteiger partial charge >= 0.3 is 5.97 Å². The minimum Gasteiger partial charge on any atom is -0.482 e. The summed E-state index contributed by atoms with van der Waals surface area (Å²) in [6.07, 6.45) is 3.55. The molecule has 1 aliphatic carbocycles. The summed E-state index contributed by atoms with van der Waals surface area (Å²) in [7, 11) is 0. The van der Waals surface area contributed by atoms with E-state index in [0.717, 1.165) is 31.2 Å². The number of anilines is 1. The third-order valence-electron chi connectivity index (χ3n) is 5.61. The molecule has 1 heterocycles. The summed E-state index contributed by atoms with van der Waals surface area (Å²) < 4.78 is 10.8. The van der Waals surface area contributed by atoms with Gasteiger partial charge in [-0.05, 0) is 55.7 Å².